The van der Waals surface area contributed by atoms with E-state index in [1.807, 2.05) is 54.6 Å². The van der Waals surface area contributed by atoms with Crippen LogP contribution in [0.2, 0.25) is 5.28 Å². The molecule has 2 aromatic heterocycles. The lowest BCUT2D eigenvalue weighted by atomic mass is 9.60. The van der Waals surface area contributed by atoms with Gasteiger partial charge in [0.05, 0.1) is 6.04 Å². The lowest BCUT2D eigenvalue weighted by Crippen LogP contribution is -2.63. The van der Waals surface area contributed by atoms with Gasteiger partial charge in [0.15, 0.2) is 0 Å². The maximum atomic E-state index is 12.8. The van der Waals surface area contributed by atoms with Crippen LogP contribution in [0.5, 0.6) is 0 Å². The summed E-state index contributed by atoms with van der Waals surface area (Å²) < 4.78 is 7.61. The van der Waals surface area contributed by atoms with Gasteiger partial charge in [-0.05, 0) is 48.7 Å². The van der Waals surface area contributed by atoms with E-state index in [2.05, 4.69) is 20.3 Å². The summed E-state index contributed by atoms with van der Waals surface area (Å²) >= 11 is 5.80. The lowest BCUT2D eigenvalue weighted by molar-refractivity contribution is -0.0739. The topological polar surface area (TPSA) is 89.9 Å². The largest absolute Gasteiger partial charge is 0.420 e. The first kappa shape index (κ1) is 19.2. The summed E-state index contributed by atoms with van der Waals surface area (Å²) in [5, 5.41) is 12.7. The van der Waals surface area contributed by atoms with Crippen LogP contribution in [0.1, 0.15) is 55.9 Å². The van der Waals surface area contributed by atoms with Crippen LogP contribution in [-0.2, 0) is 5.41 Å². The highest BCUT2D eigenvalue weighted by molar-refractivity contribution is 6.28. The third-order valence-corrected chi connectivity index (χ3v) is 6.15. The molecule has 1 aromatic carbocycles. The van der Waals surface area contributed by atoms with Gasteiger partial charge in [-0.1, -0.05) is 20.8 Å². The van der Waals surface area contributed by atoms with Crippen LogP contribution in [0, 0.1) is 5.41 Å². The molecule has 1 amide bonds. The molecule has 0 bridgehead atoms. The minimum Gasteiger partial charge on any atom is -0.420 e. The first-order chi connectivity index (χ1) is 14.2. The van der Waals surface area contributed by atoms with E-state index in [1.54, 1.807) is 6.33 Å². The molecule has 0 atom stereocenters. The Morgan fingerprint density at radius 2 is 1.87 bits per heavy atom. The van der Waals surface area contributed by atoms with Crippen LogP contribution >= 0.6 is 11.6 Å². The predicted molar refractivity (Wildman–Crippen MR) is 110 cm³/mol. The van der Waals surface area contributed by atoms with Crippen LogP contribution in [0.15, 0.2) is 35.0 Å². The van der Waals surface area contributed by atoms with Crippen molar-refractivity contribution >= 4 is 17.5 Å². The van der Waals surface area contributed by atoms with Gasteiger partial charge in [-0.2, -0.15) is 0 Å². The fraction of sp³-hybridized carbons (Fsp3) is 0.476. The number of hydrogen-bond acceptors (Lipinski definition) is 6. The molecule has 1 aliphatic carbocycles. The van der Waals surface area contributed by atoms with Crippen molar-refractivity contribution in [1.29, 1.82) is 0 Å². The molecule has 9 heteroatoms. The molecular weight excluding hydrogens is 404 g/mol. The van der Waals surface area contributed by atoms with Crippen molar-refractivity contribution in [3.63, 3.8) is 0 Å². The van der Waals surface area contributed by atoms with Gasteiger partial charge in [-0.15, -0.1) is 15.3 Å². The zero-order valence-corrected chi connectivity index (χ0v) is 17.9. The molecule has 0 radical (unpaired) electrons. The van der Waals surface area contributed by atoms with Crippen LogP contribution in [-0.4, -0.2) is 48.9 Å². The summed E-state index contributed by atoms with van der Waals surface area (Å²) in [5.41, 5.74) is 1.49. The van der Waals surface area contributed by atoms with Gasteiger partial charge in [0.25, 0.3) is 5.91 Å². The standard InChI is InChI=1S/C21H23ClN6O2/c1-20(2,3)18-25-24-16(30-18)13-4-6-14(7-5-13)17(29)27-10-21(11-27)8-15(9-21)28-12-23-19(22)26-28/h4-7,12,15H,8-11H2,1-3H3. The average molecular weight is 427 g/mol. The highest BCUT2D eigenvalue weighted by Crippen LogP contribution is 2.54. The van der Waals surface area contributed by atoms with Crippen molar-refractivity contribution in [2.24, 2.45) is 5.41 Å². The normalized spacial score (nSPS) is 18.3. The summed E-state index contributed by atoms with van der Waals surface area (Å²) in [4.78, 5) is 18.7. The number of hydrogen-bond donors (Lipinski definition) is 0. The van der Waals surface area contributed by atoms with Crippen molar-refractivity contribution in [3.8, 4) is 11.5 Å². The van der Waals surface area contributed by atoms with Gasteiger partial charge in [0.2, 0.25) is 17.1 Å². The molecule has 2 aliphatic rings. The number of amides is 1. The van der Waals surface area contributed by atoms with E-state index in [0.717, 1.165) is 31.5 Å². The molecular formula is C21H23ClN6O2. The second-order valence-electron chi connectivity index (χ2n) is 9.46. The molecule has 0 N–H and O–H groups in total. The Hall–Kier alpha value is -2.74. The maximum absolute atomic E-state index is 12.8. The number of likely N-dealkylation sites (tertiary alicyclic amines) is 1. The molecule has 3 aromatic rings. The first-order valence-corrected chi connectivity index (χ1v) is 10.4. The van der Waals surface area contributed by atoms with E-state index >= 15 is 0 Å². The number of rotatable bonds is 3. The molecule has 3 heterocycles. The van der Waals surface area contributed by atoms with E-state index in [1.165, 1.54) is 0 Å². The molecule has 0 unspecified atom stereocenters. The van der Waals surface area contributed by atoms with Gasteiger partial charge in [0, 0.05) is 35.0 Å². The molecule has 1 spiro atoms. The Bertz CT molecular complexity index is 1080. The number of carbonyl (C=O) groups excluding carboxylic acids is 1. The van der Waals surface area contributed by atoms with Crippen molar-refractivity contribution in [2.75, 3.05) is 13.1 Å². The zero-order valence-electron chi connectivity index (χ0n) is 17.2. The summed E-state index contributed by atoms with van der Waals surface area (Å²) in [7, 11) is 0. The van der Waals surface area contributed by atoms with Gasteiger partial charge in [0.1, 0.15) is 6.33 Å². The molecule has 30 heavy (non-hydrogen) atoms. The van der Waals surface area contributed by atoms with Gasteiger partial charge in [-0.3, -0.25) is 4.79 Å². The molecule has 156 valence electrons. The van der Waals surface area contributed by atoms with Crippen LogP contribution in [0.3, 0.4) is 0 Å². The smallest absolute Gasteiger partial charge is 0.253 e. The first-order valence-electron chi connectivity index (χ1n) is 10.0. The zero-order chi connectivity index (χ0) is 21.1. The second-order valence-corrected chi connectivity index (χ2v) is 9.79. The monoisotopic (exact) mass is 426 g/mol. The number of nitrogens with zero attached hydrogens (tertiary/aromatic N) is 6. The number of benzene rings is 1. The molecule has 8 nitrogen and oxygen atoms in total. The van der Waals surface area contributed by atoms with Crippen molar-refractivity contribution in [2.45, 2.75) is 45.1 Å². The van der Waals surface area contributed by atoms with E-state index in [4.69, 9.17) is 16.0 Å². The van der Waals surface area contributed by atoms with Crippen molar-refractivity contribution in [1.82, 2.24) is 29.9 Å². The minimum atomic E-state index is -0.199. The van der Waals surface area contributed by atoms with E-state index < -0.39 is 0 Å². The highest BCUT2D eigenvalue weighted by Gasteiger charge is 2.54. The fourth-order valence-electron chi connectivity index (χ4n) is 4.30. The Morgan fingerprint density at radius 3 is 2.43 bits per heavy atom. The van der Waals surface area contributed by atoms with E-state index in [0.29, 0.717) is 23.4 Å². The van der Waals surface area contributed by atoms with Crippen LogP contribution in [0.4, 0.5) is 0 Å². The van der Waals surface area contributed by atoms with Gasteiger partial charge >= 0.3 is 0 Å². The van der Waals surface area contributed by atoms with Crippen LogP contribution < -0.4 is 0 Å². The Kier molecular flexibility index (Phi) is 4.25. The molecule has 2 fully saturated rings. The predicted octanol–water partition coefficient (Wildman–Crippen LogP) is 3.76. The third-order valence-electron chi connectivity index (χ3n) is 5.98. The molecule has 5 rings (SSSR count). The summed E-state index contributed by atoms with van der Waals surface area (Å²) in [6, 6.07) is 7.69. The number of carbonyl (C=O) groups is 1. The molecule has 1 aliphatic heterocycles. The van der Waals surface area contributed by atoms with Crippen molar-refractivity contribution in [3.05, 3.63) is 47.3 Å². The average Bonchev–Trinajstić information content (AvgIpc) is 3.28. The summed E-state index contributed by atoms with van der Waals surface area (Å²) in [5.74, 6) is 1.12. The Labute approximate surface area is 179 Å². The summed E-state index contributed by atoms with van der Waals surface area (Å²) in [6.07, 6.45) is 3.68. The summed E-state index contributed by atoms with van der Waals surface area (Å²) in [6.45, 7) is 7.64. The highest BCUT2D eigenvalue weighted by atomic mass is 35.5. The second kappa shape index (κ2) is 6.63. The molecule has 1 saturated heterocycles. The van der Waals surface area contributed by atoms with E-state index in [9.17, 15) is 4.79 Å². The SMILES string of the molecule is CC(C)(C)c1nnc(-c2ccc(C(=O)N3CC4(CC(n5cnc(Cl)n5)C4)C3)cc2)o1. The number of halogens is 1. The minimum absolute atomic E-state index is 0.0559. The maximum Gasteiger partial charge on any atom is 0.253 e. The quantitative estimate of drug-likeness (QED) is 0.633. The van der Waals surface area contributed by atoms with Crippen molar-refractivity contribution < 1.29 is 9.21 Å². The lowest BCUT2D eigenvalue weighted by Gasteiger charge is -2.58. The fourth-order valence-corrected chi connectivity index (χ4v) is 4.43. The van der Waals surface area contributed by atoms with Gasteiger partial charge < -0.3 is 9.32 Å². The van der Waals surface area contributed by atoms with Crippen LogP contribution in [0.25, 0.3) is 11.5 Å². The van der Waals surface area contributed by atoms with E-state index in [-0.39, 0.29) is 22.0 Å². The number of aromatic nitrogens is 5. The Balaban J connectivity index is 1.19. The molecule has 1 saturated carbocycles. The Morgan fingerprint density at radius 1 is 1.17 bits per heavy atom. The third kappa shape index (κ3) is 3.29. The van der Waals surface area contributed by atoms with Gasteiger partial charge in [-0.25, -0.2) is 9.67 Å².